The fraction of sp³-hybridized carbons (Fsp3) is 0.786. The molecule has 2 unspecified atom stereocenters. The van der Waals surface area contributed by atoms with Gasteiger partial charge in [0, 0.05) is 12.6 Å². The highest BCUT2D eigenvalue weighted by atomic mass is 16.6. The second kappa shape index (κ2) is 5.56. The zero-order chi connectivity index (χ0) is 13.1. The first kappa shape index (κ1) is 14.1. The van der Waals surface area contributed by atoms with Gasteiger partial charge < -0.3 is 9.64 Å². The Morgan fingerprint density at radius 2 is 2.12 bits per heavy atom. The van der Waals surface area contributed by atoms with Crippen molar-refractivity contribution in [2.24, 2.45) is 5.92 Å². The number of carbonyl (C=O) groups is 1. The monoisotopic (exact) mass is 239 g/mol. The Morgan fingerprint density at radius 1 is 1.47 bits per heavy atom. The van der Waals surface area contributed by atoms with E-state index in [1.54, 1.807) is 0 Å². The van der Waals surface area contributed by atoms with Gasteiger partial charge in [-0.05, 0) is 52.9 Å². The van der Waals surface area contributed by atoms with E-state index < -0.39 is 5.60 Å². The zero-order valence-corrected chi connectivity index (χ0v) is 11.5. The predicted octanol–water partition coefficient (Wildman–Crippen LogP) is 3.60. The molecule has 0 bridgehead atoms. The van der Waals surface area contributed by atoms with Gasteiger partial charge in [-0.15, -0.1) is 6.58 Å². The Balaban J connectivity index is 2.60. The Morgan fingerprint density at radius 3 is 2.65 bits per heavy atom. The largest absolute Gasteiger partial charge is 0.444 e. The van der Waals surface area contributed by atoms with Crippen molar-refractivity contribution < 1.29 is 9.53 Å². The molecule has 1 rings (SSSR count). The van der Waals surface area contributed by atoms with Crippen molar-refractivity contribution in [1.29, 1.82) is 0 Å². The number of carbonyl (C=O) groups excluding carboxylic acids is 1. The van der Waals surface area contributed by atoms with Crippen LogP contribution < -0.4 is 0 Å². The van der Waals surface area contributed by atoms with Crippen LogP contribution in [0.2, 0.25) is 0 Å². The third-order valence-corrected chi connectivity index (χ3v) is 3.11. The minimum atomic E-state index is -0.414. The molecular formula is C14H25NO2. The van der Waals surface area contributed by atoms with Gasteiger partial charge in [0.25, 0.3) is 0 Å². The lowest BCUT2D eigenvalue weighted by Gasteiger charge is -2.38. The summed E-state index contributed by atoms with van der Waals surface area (Å²) in [5.74, 6) is 0.538. The number of ether oxygens (including phenoxy) is 1. The van der Waals surface area contributed by atoms with Crippen LogP contribution in [0.4, 0.5) is 4.79 Å². The summed E-state index contributed by atoms with van der Waals surface area (Å²) in [6.07, 6.45) is 4.96. The number of hydrogen-bond donors (Lipinski definition) is 0. The number of rotatable bonds is 2. The summed E-state index contributed by atoms with van der Waals surface area (Å²) < 4.78 is 5.44. The lowest BCUT2D eigenvalue weighted by molar-refractivity contribution is 0.00559. The van der Waals surface area contributed by atoms with Crippen molar-refractivity contribution in [3.63, 3.8) is 0 Å². The van der Waals surface area contributed by atoms with Gasteiger partial charge in [-0.1, -0.05) is 6.08 Å². The summed E-state index contributed by atoms with van der Waals surface area (Å²) in [6.45, 7) is 12.4. The molecule has 3 heteroatoms. The molecule has 1 heterocycles. The standard InChI is InChI=1S/C14H25NO2/c1-6-7-12-9-8-11(2)15(10-12)13(16)17-14(3,4)5/h6,11-12H,1,7-10H2,2-5H3. The number of likely N-dealkylation sites (tertiary alicyclic amines) is 1. The minimum Gasteiger partial charge on any atom is -0.444 e. The number of allylic oxidation sites excluding steroid dienone is 1. The highest BCUT2D eigenvalue weighted by molar-refractivity contribution is 5.68. The van der Waals surface area contributed by atoms with E-state index in [4.69, 9.17) is 4.74 Å². The van der Waals surface area contributed by atoms with E-state index in [1.807, 2.05) is 31.7 Å². The molecule has 1 saturated heterocycles. The summed E-state index contributed by atoms with van der Waals surface area (Å²) in [7, 11) is 0. The van der Waals surface area contributed by atoms with E-state index in [-0.39, 0.29) is 12.1 Å². The van der Waals surface area contributed by atoms with E-state index in [2.05, 4.69) is 13.5 Å². The molecule has 0 radical (unpaired) electrons. The molecule has 1 aliphatic heterocycles. The van der Waals surface area contributed by atoms with Gasteiger partial charge >= 0.3 is 6.09 Å². The van der Waals surface area contributed by atoms with E-state index in [1.165, 1.54) is 6.42 Å². The molecule has 0 N–H and O–H groups in total. The van der Waals surface area contributed by atoms with Gasteiger partial charge in [-0.2, -0.15) is 0 Å². The predicted molar refractivity (Wildman–Crippen MR) is 69.9 cm³/mol. The van der Waals surface area contributed by atoms with Crippen LogP contribution in [0.5, 0.6) is 0 Å². The second-order valence-corrected chi connectivity index (χ2v) is 5.95. The van der Waals surface area contributed by atoms with Gasteiger partial charge in [-0.25, -0.2) is 4.79 Å². The van der Waals surface area contributed by atoms with E-state index in [0.717, 1.165) is 19.4 Å². The van der Waals surface area contributed by atoms with Crippen LogP contribution in [0.1, 0.15) is 47.0 Å². The van der Waals surface area contributed by atoms with Crippen LogP contribution in [-0.2, 0) is 4.74 Å². The second-order valence-electron chi connectivity index (χ2n) is 5.95. The Bertz CT molecular complexity index is 280. The number of nitrogens with zero attached hydrogens (tertiary/aromatic N) is 1. The van der Waals surface area contributed by atoms with Gasteiger partial charge in [0.15, 0.2) is 0 Å². The fourth-order valence-corrected chi connectivity index (χ4v) is 2.19. The van der Waals surface area contributed by atoms with Crippen molar-refractivity contribution in [3.05, 3.63) is 12.7 Å². The van der Waals surface area contributed by atoms with Crippen molar-refractivity contribution in [1.82, 2.24) is 4.90 Å². The third kappa shape index (κ3) is 4.41. The molecule has 1 aliphatic rings. The maximum Gasteiger partial charge on any atom is 0.410 e. The van der Waals surface area contributed by atoms with Crippen LogP contribution >= 0.6 is 0 Å². The molecule has 1 amide bonds. The molecule has 0 aromatic heterocycles. The maximum atomic E-state index is 12.1. The molecule has 17 heavy (non-hydrogen) atoms. The Hall–Kier alpha value is -0.990. The van der Waals surface area contributed by atoms with Crippen molar-refractivity contribution in [2.45, 2.75) is 58.6 Å². The number of amides is 1. The van der Waals surface area contributed by atoms with Gasteiger partial charge in [0.05, 0.1) is 0 Å². The van der Waals surface area contributed by atoms with Gasteiger partial charge in [-0.3, -0.25) is 0 Å². The average molecular weight is 239 g/mol. The van der Waals surface area contributed by atoms with Gasteiger partial charge in [0.1, 0.15) is 5.60 Å². The molecule has 1 fully saturated rings. The molecule has 0 aromatic rings. The summed E-state index contributed by atoms with van der Waals surface area (Å²) in [6, 6.07) is 0.283. The van der Waals surface area contributed by atoms with Crippen LogP contribution in [0.3, 0.4) is 0 Å². The van der Waals surface area contributed by atoms with Crippen LogP contribution in [0.15, 0.2) is 12.7 Å². The van der Waals surface area contributed by atoms with E-state index in [0.29, 0.717) is 5.92 Å². The van der Waals surface area contributed by atoms with E-state index >= 15 is 0 Å². The highest BCUT2D eigenvalue weighted by Crippen LogP contribution is 2.26. The maximum absolute atomic E-state index is 12.1. The number of hydrogen-bond acceptors (Lipinski definition) is 2. The lowest BCUT2D eigenvalue weighted by Crippen LogP contribution is -2.47. The summed E-state index contributed by atoms with van der Waals surface area (Å²) in [5, 5.41) is 0. The minimum absolute atomic E-state index is 0.182. The third-order valence-electron chi connectivity index (χ3n) is 3.11. The van der Waals surface area contributed by atoms with Crippen molar-refractivity contribution in [2.75, 3.05) is 6.54 Å². The van der Waals surface area contributed by atoms with Crippen molar-refractivity contribution in [3.8, 4) is 0 Å². The summed E-state index contributed by atoms with van der Waals surface area (Å²) in [4.78, 5) is 13.9. The molecule has 98 valence electrons. The van der Waals surface area contributed by atoms with Gasteiger partial charge in [0.2, 0.25) is 0 Å². The molecular weight excluding hydrogens is 214 g/mol. The SMILES string of the molecule is C=CCC1CCC(C)N(C(=O)OC(C)(C)C)C1. The van der Waals surface area contributed by atoms with Crippen molar-refractivity contribution >= 4 is 6.09 Å². The van der Waals surface area contributed by atoms with Crippen LogP contribution in [0, 0.1) is 5.92 Å². The molecule has 2 atom stereocenters. The molecule has 0 saturated carbocycles. The highest BCUT2D eigenvalue weighted by Gasteiger charge is 2.31. The molecule has 0 aromatic carbocycles. The Labute approximate surface area is 105 Å². The molecule has 3 nitrogen and oxygen atoms in total. The topological polar surface area (TPSA) is 29.5 Å². The fourth-order valence-electron chi connectivity index (χ4n) is 2.19. The number of piperidine rings is 1. The zero-order valence-electron chi connectivity index (χ0n) is 11.5. The quantitative estimate of drug-likeness (QED) is 0.689. The molecule has 0 aliphatic carbocycles. The average Bonchev–Trinajstić information content (AvgIpc) is 2.18. The van der Waals surface area contributed by atoms with Crippen LogP contribution in [0.25, 0.3) is 0 Å². The molecule has 0 spiro atoms. The first-order valence-corrected chi connectivity index (χ1v) is 6.44. The Kier molecular flexibility index (Phi) is 4.61. The van der Waals surface area contributed by atoms with Crippen LogP contribution in [-0.4, -0.2) is 29.2 Å². The summed E-state index contributed by atoms with van der Waals surface area (Å²) >= 11 is 0. The van der Waals surface area contributed by atoms with E-state index in [9.17, 15) is 4.79 Å². The first-order valence-electron chi connectivity index (χ1n) is 6.44. The lowest BCUT2D eigenvalue weighted by atomic mass is 9.91. The normalized spacial score (nSPS) is 25.5. The first-order chi connectivity index (χ1) is 7.83. The summed E-state index contributed by atoms with van der Waals surface area (Å²) in [5.41, 5.74) is -0.414. The smallest absolute Gasteiger partial charge is 0.410 e.